The second-order valence-corrected chi connectivity index (χ2v) is 10.5. The summed E-state index contributed by atoms with van der Waals surface area (Å²) in [5.41, 5.74) is 4.03. The molecule has 1 amide bonds. The van der Waals surface area contributed by atoms with Crippen LogP contribution in [0.5, 0.6) is 5.75 Å². The van der Waals surface area contributed by atoms with E-state index in [2.05, 4.69) is 15.9 Å². The number of thiazole rings is 1. The van der Waals surface area contributed by atoms with Crippen LogP contribution in [0.25, 0.3) is 16.0 Å². The molecule has 8 heteroatoms. The van der Waals surface area contributed by atoms with E-state index in [-0.39, 0.29) is 11.3 Å². The number of ether oxygens (including phenoxy) is 1. The van der Waals surface area contributed by atoms with Crippen molar-refractivity contribution in [1.82, 2.24) is 4.98 Å². The second-order valence-electron chi connectivity index (χ2n) is 8.60. The lowest BCUT2D eigenvalue weighted by molar-refractivity contribution is -0.132. The van der Waals surface area contributed by atoms with Gasteiger partial charge in [-0.25, -0.2) is 4.98 Å². The number of benzene rings is 3. The van der Waals surface area contributed by atoms with Crippen LogP contribution in [-0.2, 0) is 9.59 Å². The third-order valence-corrected chi connectivity index (χ3v) is 7.62. The summed E-state index contributed by atoms with van der Waals surface area (Å²) in [5.74, 6) is -1.05. The smallest absolute Gasteiger partial charge is 0.301 e. The van der Waals surface area contributed by atoms with Gasteiger partial charge < -0.3 is 9.84 Å². The van der Waals surface area contributed by atoms with E-state index in [1.54, 1.807) is 24.3 Å². The molecule has 0 saturated carbocycles. The number of aromatic nitrogens is 1. The molecule has 182 valence electrons. The molecule has 1 N–H and O–H groups in total. The van der Waals surface area contributed by atoms with Gasteiger partial charge in [0.2, 0.25) is 0 Å². The number of ketones is 1. The van der Waals surface area contributed by atoms with Gasteiger partial charge in [0.1, 0.15) is 11.5 Å². The lowest BCUT2D eigenvalue weighted by atomic mass is 9.95. The predicted octanol–water partition coefficient (Wildman–Crippen LogP) is 6.70. The van der Waals surface area contributed by atoms with Gasteiger partial charge in [-0.15, -0.1) is 0 Å². The summed E-state index contributed by atoms with van der Waals surface area (Å²) in [4.78, 5) is 33.0. The van der Waals surface area contributed by atoms with E-state index in [0.29, 0.717) is 28.6 Å². The largest absolute Gasteiger partial charge is 0.507 e. The van der Waals surface area contributed by atoms with Gasteiger partial charge >= 0.3 is 5.91 Å². The van der Waals surface area contributed by atoms with Gasteiger partial charge in [0.15, 0.2) is 5.13 Å². The highest BCUT2D eigenvalue weighted by Gasteiger charge is 2.48. The number of anilines is 1. The summed E-state index contributed by atoms with van der Waals surface area (Å²) >= 11 is 4.80. The van der Waals surface area contributed by atoms with Gasteiger partial charge in [-0.3, -0.25) is 14.5 Å². The SMILES string of the molecule is CCOc1ccc(C(O)=C2C(=O)C(=O)N(c3nc4c(C)cc(C)cc4s3)C2c2ccc(Br)cc2)cc1. The third kappa shape index (κ3) is 4.20. The van der Waals surface area contributed by atoms with E-state index in [9.17, 15) is 14.7 Å². The first-order chi connectivity index (χ1) is 17.3. The first-order valence-electron chi connectivity index (χ1n) is 11.5. The highest BCUT2D eigenvalue weighted by atomic mass is 79.9. The Labute approximate surface area is 221 Å². The van der Waals surface area contributed by atoms with Crippen LogP contribution >= 0.6 is 27.3 Å². The Morgan fingerprint density at radius 1 is 1.08 bits per heavy atom. The first-order valence-corrected chi connectivity index (χ1v) is 13.1. The Bertz CT molecular complexity index is 1520. The minimum absolute atomic E-state index is 0.0265. The number of carbonyl (C=O) groups excluding carboxylic acids is 2. The Morgan fingerprint density at radius 2 is 1.78 bits per heavy atom. The van der Waals surface area contributed by atoms with Gasteiger partial charge in [0, 0.05) is 10.0 Å². The summed E-state index contributed by atoms with van der Waals surface area (Å²) in [6.45, 7) is 6.39. The number of rotatable bonds is 5. The molecule has 1 aliphatic heterocycles. The van der Waals surface area contributed by atoms with Gasteiger partial charge in [-0.1, -0.05) is 45.5 Å². The van der Waals surface area contributed by atoms with Crippen molar-refractivity contribution in [2.24, 2.45) is 0 Å². The maximum atomic E-state index is 13.4. The van der Waals surface area contributed by atoms with Crippen molar-refractivity contribution < 1.29 is 19.4 Å². The fourth-order valence-electron chi connectivity index (χ4n) is 4.48. The number of amides is 1. The number of hydrogen-bond donors (Lipinski definition) is 1. The monoisotopic (exact) mass is 562 g/mol. The molecule has 1 atom stereocenters. The number of hydrogen-bond acceptors (Lipinski definition) is 6. The topological polar surface area (TPSA) is 79.7 Å². The average Bonchev–Trinajstić information content (AvgIpc) is 3.38. The van der Waals surface area contributed by atoms with Crippen LogP contribution in [0.2, 0.25) is 0 Å². The maximum Gasteiger partial charge on any atom is 0.301 e. The van der Waals surface area contributed by atoms with E-state index in [1.165, 1.54) is 16.2 Å². The van der Waals surface area contributed by atoms with Gasteiger partial charge in [-0.05, 0) is 79.9 Å². The molecule has 0 aliphatic carbocycles. The summed E-state index contributed by atoms with van der Waals surface area (Å²) in [5, 5.41) is 11.7. The number of nitrogens with zero attached hydrogens (tertiary/aromatic N) is 2. The molecule has 5 rings (SSSR count). The van der Waals surface area contributed by atoms with Crippen molar-refractivity contribution in [3.05, 3.63) is 93.0 Å². The van der Waals surface area contributed by atoms with Crippen molar-refractivity contribution in [2.45, 2.75) is 26.8 Å². The first kappa shape index (κ1) is 24.2. The molecular formula is C28H23BrN2O4S. The molecule has 1 aromatic heterocycles. The van der Waals surface area contributed by atoms with Gasteiger partial charge in [-0.2, -0.15) is 0 Å². The van der Waals surface area contributed by atoms with E-state index in [0.717, 1.165) is 25.8 Å². The van der Waals surface area contributed by atoms with Crippen LogP contribution in [0.15, 0.2) is 70.7 Å². The van der Waals surface area contributed by atoms with E-state index < -0.39 is 17.7 Å². The molecule has 1 saturated heterocycles. The molecule has 2 heterocycles. The number of aliphatic hydroxyl groups excluding tert-OH is 1. The standard InChI is InChI=1S/C28H23BrN2O4S/c1-4-35-20-11-7-18(8-12-20)25(32)22-24(17-5-9-19(29)10-6-17)31(27(34)26(22)33)28-30-23-16(3)13-15(2)14-21(23)36-28/h5-14,24,32H,4H2,1-3H3. The normalized spacial score (nSPS) is 17.2. The fourth-order valence-corrected chi connectivity index (χ4v) is 5.92. The highest BCUT2D eigenvalue weighted by molar-refractivity contribution is 9.10. The zero-order valence-electron chi connectivity index (χ0n) is 19.9. The Kier molecular flexibility index (Phi) is 6.40. The van der Waals surface area contributed by atoms with Crippen molar-refractivity contribution >= 4 is 60.1 Å². The van der Waals surface area contributed by atoms with Crippen molar-refractivity contribution in [3.8, 4) is 5.75 Å². The van der Waals surface area contributed by atoms with Crippen LogP contribution in [-0.4, -0.2) is 28.4 Å². The van der Waals surface area contributed by atoms with Crippen LogP contribution in [0.1, 0.15) is 35.2 Å². The van der Waals surface area contributed by atoms with Crippen molar-refractivity contribution in [3.63, 3.8) is 0 Å². The number of aryl methyl sites for hydroxylation is 2. The molecular weight excluding hydrogens is 540 g/mol. The van der Waals surface area contributed by atoms with Gasteiger partial charge in [0.05, 0.1) is 28.4 Å². The predicted molar refractivity (Wildman–Crippen MR) is 146 cm³/mol. The van der Waals surface area contributed by atoms with Crippen molar-refractivity contribution in [1.29, 1.82) is 0 Å². The van der Waals surface area contributed by atoms with E-state index >= 15 is 0 Å². The number of carbonyl (C=O) groups is 2. The minimum Gasteiger partial charge on any atom is -0.507 e. The lowest BCUT2D eigenvalue weighted by Crippen LogP contribution is -2.29. The lowest BCUT2D eigenvalue weighted by Gasteiger charge is -2.23. The number of aliphatic hydroxyl groups is 1. The Morgan fingerprint density at radius 3 is 2.44 bits per heavy atom. The number of fused-ring (bicyclic) bond motifs is 1. The summed E-state index contributed by atoms with van der Waals surface area (Å²) in [6.07, 6.45) is 0. The number of Topliss-reactive ketones (excluding diaryl/α,β-unsaturated/α-hetero) is 1. The van der Waals surface area contributed by atoms with E-state index in [1.807, 2.05) is 57.2 Å². The zero-order chi connectivity index (χ0) is 25.6. The zero-order valence-corrected chi connectivity index (χ0v) is 22.3. The molecule has 0 bridgehead atoms. The van der Waals surface area contributed by atoms with Crippen LogP contribution in [0.4, 0.5) is 5.13 Å². The number of halogens is 1. The van der Waals surface area contributed by atoms with E-state index in [4.69, 9.17) is 9.72 Å². The van der Waals surface area contributed by atoms with Crippen LogP contribution in [0, 0.1) is 13.8 Å². The van der Waals surface area contributed by atoms with Crippen LogP contribution < -0.4 is 9.64 Å². The molecule has 36 heavy (non-hydrogen) atoms. The molecule has 1 fully saturated rings. The quantitative estimate of drug-likeness (QED) is 0.166. The Balaban J connectivity index is 1.69. The molecule has 3 aromatic carbocycles. The molecule has 1 unspecified atom stereocenters. The summed E-state index contributed by atoms with van der Waals surface area (Å²) < 4.78 is 7.29. The molecule has 0 spiro atoms. The molecule has 0 radical (unpaired) electrons. The summed E-state index contributed by atoms with van der Waals surface area (Å²) in [7, 11) is 0. The maximum absolute atomic E-state index is 13.4. The fraction of sp³-hybridized carbons (Fsp3) is 0.179. The molecule has 1 aliphatic rings. The van der Waals surface area contributed by atoms with Gasteiger partial charge in [0.25, 0.3) is 5.78 Å². The summed E-state index contributed by atoms with van der Waals surface area (Å²) in [6, 6.07) is 17.4. The molecule has 6 nitrogen and oxygen atoms in total. The molecule has 4 aromatic rings. The Hall–Kier alpha value is -3.49. The minimum atomic E-state index is -0.827. The highest BCUT2D eigenvalue weighted by Crippen LogP contribution is 2.45. The van der Waals surface area contributed by atoms with Crippen molar-refractivity contribution in [2.75, 3.05) is 11.5 Å². The third-order valence-electron chi connectivity index (χ3n) is 6.09. The van der Waals surface area contributed by atoms with Crippen LogP contribution in [0.3, 0.4) is 0 Å². The second kappa shape index (κ2) is 9.52. The average molecular weight is 563 g/mol.